The van der Waals surface area contributed by atoms with Gasteiger partial charge in [-0.1, -0.05) is 32.6 Å². The summed E-state index contributed by atoms with van der Waals surface area (Å²) in [6.07, 6.45) is 5.86. The van der Waals surface area contributed by atoms with Crippen LogP contribution in [-0.4, -0.2) is 41.9 Å². The Morgan fingerprint density at radius 3 is 2.33 bits per heavy atom. The molecule has 1 aliphatic rings. The van der Waals surface area contributed by atoms with E-state index in [2.05, 4.69) is 6.92 Å². The summed E-state index contributed by atoms with van der Waals surface area (Å²) >= 11 is 0. The van der Waals surface area contributed by atoms with Crippen molar-refractivity contribution in [2.75, 3.05) is 20.1 Å². The number of carbonyl (C=O) groups is 2. The summed E-state index contributed by atoms with van der Waals surface area (Å²) in [4.78, 5) is 25.5. The maximum Gasteiger partial charge on any atom is 0.326 e. The molecule has 0 spiro atoms. The predicted molar refractivity (Wildman–Crippen MR) is 58.5 cm³/mol. The van der Waals surface area contributed by atoms with Crippen molar-refractivity contribution in [3.05, 3.63) is 0 Å². The summed E-state index contributed by atoms with van der Waals surface area (Å²) in [6.45, 7) is 3.17. The zero-order chi connectivity index (χ0) is 11.3. The van der Waals surface area contributed by atoms with Gasteiger partial charge < -0.3 is 4.90 Å². The van der Waals surface area contributed by atoms with E-state index in [9.17, 15) is 9.59 Å². The molecule has 0 radical (unpaired) electrons. The van der Waals surface area contributed by atoms with Gasteiger partial charge in [0, 0.05) is 13.6 Å². The Morgan fingerprint density at radius 2 is 1.80 bits per heavy atom. The Kier molecular flexibility index (Phi) is 4.59. The van der Waals surface area contributed by atoms with Crippen LogP contribution < -0.4 is 0 Å². The van der Waals surface area contributed by atoms with E-state index < -0.39 is 0 Å². The van der Waals surface area contributed by atoms with E-state index in [1.54, 1.807) is 11.9 Å². The molecule has 1 fully saturated rings. The van der Waals surface area contributed by atoms with Gasteiger partial charge in [-0.3, -0.25) is 9.69 Å². The van der Waals surface area contributed by atoms with E-state index in [0.29, 0.717) is 0 Å². The van der Waals surface area contributed by atoms with Crippen LogP contribution in [0.4, 0.5) is 4.79 Å². The first-order chi connectivity index (χ1) is 7.16. The molecule has 4 nitrogen and oxygen atoms in total. The second-order valence-corrected chi connectivity index (χ2v) is 4.07. The number of hydrogen-bond acceptors (Lipinski definition) is 2. The van der Waals surface area contributed by atoms with Gasteiger partial charge in [0.1, 0.15) is 6.54 Å². The summed E-state index contributed by atoms with van der Waals surface area (Å²) in [7, 11) is 1.54. The molecule has 3 amide bonds. The molecule has 0 aliphatic carbocycles. The van der Waals surface area contributed by atoms with Crippen molar-refractivity contribution in [1.29, 1.82) is 0 Å². The van der Waals surface area contributed by atoms with Crippen molar-refractivity contribution in [3.63, 3.8) is 0 Å². The van der Waals surface area contributed by atoms with Crippen LogP contribution in [0.5, 0.6) is 0 Å². The number of rotatable bonds is 6. The van der Waals surface area contributed by atoms with Gasteiger partial charge in [0.2, 0.25) is 5.91 Å². The van der Waals surface area contributed by atoms with Gasteiger partial charge in [0.05, 0.1) is 0 Å². The molecule has 1 aliphatic heterocycles. The van der Waals surface area contributed by atoms with E-state index >= 15 is 0 Å². The van der Waals surface area contributed by atoms with Crippen LogP contribution in [0.15, 0.2) is 0 Å². The first-order valence-corrected chi connectivity index (χ1v) is 5.72. The lowest BCUT2D eigenvalue weighted by Gasteiger charge is -2.13. The SMILES string of the molecule is CCCCCCCN1CC(=O)N(C)C1=O. The predicted octanol–water partition coefficient (Wildman–Crippen LogP) is 1.85. The number of hydrogen-bond donors (Lipinski definition) is 0. The fraction of sp³-hybridized carbons (Fsp3) is 0.818. The molecule has 1 saturated heterocycles. The smallest absolute Gasteiger partial charge is 0.315 e. The van der Waals surface area contributed by atoms with Gasteiger partial charge in [0.15, 0.2) is 0 Å². The van der Waals surface area contributed by atoms with Crippen molar-refractivity contribution in [1.82, 2.24) is 9.80 Å². The fourth-order valence-electron chi connectivity index (χ4n) is 1.74. The normalized spacial score (nSPS) is 16.7. The molecular weight excluding hydrogens is 192 g/mol. The number of carbonyl (C=O) groups excluding carboxylic acids is 2. The second kappa shape index (κ2) is 5.73. The maximum atomic E-state index is 11.5. The summed E-state index contributed by atoms with van der Waals surface area (Å²) < 4.78 is 0. The van der Waals surface area contributed by atoms with Gasteiger partial charge in [-0.15, -0.1) is 0 Å². The van der Waals surface area contributed by atoms with Crippen LogP contribution in [0.25, 0.3) is 0 Å². The highest BCUT2D eigenvalue weighted by Gasteiger charge is 2.32. The highest BCUT2D eigenvalue weighted by atomic mass is 16.2. The second-order valence-electron chi connectivity index (χ2n) is 4.07. The van der Waals surface area contributed by atoms with Gasteiger partial charge in [-0.05, 0) is 6.42 Å². The highest BCUT2D eigenvalue weighted by molar-refractivity contribution is 6.01. The minimum Gasteiger partial charge on any atom is -0.315 e. The number of imide groups is 1. The Hall–Kier alpha value is -1.06. The van der Waals surface area contributed by atoms with Crippen molar-refractivity contribution >= 4 is 11.9 Å². The third-order valence-corrected chi connectivity index (χ3v) is 2.79. The Morgan fingerprint density at radius 1 is 1.13 bits per heavy atom. The Balaban J connectivity index is 2.17. The molecule has 0 N–H and O–H groups in total. The molecule has 0 saturated carbocycles. The zero-order valence-corrected chi connectivity index (χ0v) is 9.66. The van der Waals surface area contributed by atoms with Crippen LogP contribution in [-0.2, 0) is 4.79 Å². The minimum absolute atomic E-state index is 0.0893. The van der Waals surface area contributed by atoms with E-state index in [1.807, 2.05) is 0 Å². The number of nitrogens with zero attached hydrogens (tertiary/aromatic N) is 2. The van der Waals surface area contributed by atoms with Crippen molar-refractivity contribution in [2.45, 2.75) is 39.0 Å². The Labute approximate surface area is 91.2 Å². The lowest BCUT2D eigenvalue weighted by molar-refractivity contribution is -0.124. The lowest BCUT2D eigenvalue weighted by Crippen LogP contribution is -2.30. The molecule has 86 valence electrons. The molecule has 0 bridgehead atoms. The zero-order valence-electron chi connectivity index (χ0n) is 9.66. The first kappa shape index (κ1) is 12.0. The topological polar surface area (TPSA) is 40.6 Å². The standard InChI is InChI=1S/C11H20N2O2/c1-3-4-5-6-7-8-13-9-10(14)12(2)11(13)15/h3-9H2,1-2H3. The van der Waals surface area contributed by atoms with Gasteiger partial charge in [-0.2, -0.15) is 0 Å². The van der Waals surface area contributed by atoms with Gasteiger partial charge in [-0.25, -0.2) is 4.79 Å². The highest BCUT2D eigenvalue weighted by Crippen LogP contribution is 2.10. The molecular formula is C11H20N2O2. The molecule has 0 atom stereocenters. The van der Waals surface area contributed by atoms with Crippen LogP contribution in [0, 0.1) is 0 Å². The summed E-state index contributed by atoms with van der Waals surface area (Å²) in [5.74, 6) is -0.0893. The first-order valence-electron chi connectivity index (χ1n) is 5.72. The number of unbranched alkanes of at least 4 members (excludes halogenated alkanes) is 4. The van der Waals surface area contributed by atoms with E-state index in [-0.39, 0.29) is 18.5 Å². The number of amides is 3. The average molecular weight is 212 g/mol. The van der Waals surface area contributed by atoms with Crippen LogP contribution in [0.1, 0.15) is 39.0 Å². The maximum absolute atomic E-state index is 11.5. The molecule has 0 unspecified atom stereocenters. The summed E-state index contributed by atoms with van der Waals surface area (Å²) in [5, 5.41) is 0. The molecule has 0 aromatic rings. The largest absolute Gasteiger partial charge is 0.326 e. The van der Waals surface area contributed by atoms with Crippen LogP contribution >= 0.6 is 0 Å². The molecule has 1 heterocycles. The number of likely N-dealkylation sites (N-methyl/N-ethyl adjacent to an activating group) is 1. The van der Waals surface area contributed by atoms with Crippen molar-refractivity contribution < 1.29 is 9.59 Å². The van der Waals surface area contributed by atoms with Crippen LogP contribution in [0.3, 0.4) is 0 Å². The molecule has 1 rings (SSSR count). The molecule has 0 aromatic carbocycles. The van der Waals surface area contributed by atoms with Crippen molar-refractivity contribution in [2.24, 2.45) is 0 Å². The van der Waals surface area contributed by atoms with Crippen molar-refractivity contribution in [3.8, 4) is 0 Å². The molecule has 0 aromatic heterocycles. The third kappa shape index (κ3) is 3.22. The third-order valence-electron chi connectivity index (χ3n) is 2.79. The van der Waals surface area contributed by atoms with E-state index in [4.69, 9.17) is 0 Å². The fourth-order valence-corrected chi connectivity index (χ4v) is 1.74. The van der Waals surface area contributed by atoms with Gasteiger partial charge >= 0.3 is 6.03 Å². The van der Waals surface area contributed by atoms with E-state index in [0.717, 1.165) is 19.4 Å². The monoisotopic (exact) mass is 212 g/mol. The number of urea groups is 1. The van der Waals surface area contributed by atoms with Crippen LogP contribution in [0.2, 0.25) is 0 Å². The van der Waals surface area contributed by atoms with E-state index in [1.165, 1.54) is 24.2 Å². The molecule has 15 heavy (non-hydrogen) atoms. The Bertz CT molecular complexity index is 241. The summed E-state index contributed by atoms with van der Waals surface area (Å²) in [6, 6.07) is -0.143. The quantitative estimate of drug-likeness (QED) is 0.498. The molecule has 4 heteroatoms. The summed E-state index contributed by atoms with van der Waals surface area (Å²) in [5.41, 5.74) is 0. The lowest BCUT2D eigenvalue weighted by atomic mass is 10.1. The van der Waals surface area contributed by atoms with Gasteiger partial charge in [0.25, 0.3) is 0 Å². The minimum atomic E-state index is -0.143. The average Bonchev–Trinajstić information content (AvgIpc) is 2.46.